The fourth-order valence-electron chi connectivity index (χ4n) is 2.97. The maximum absolute atomic E-state index is 13.8. The minimum atomic E-state index is -0.451. The fraction of sp³-hybridized carbons (Fsp3) is 0.353. The van der Waals surface area contributed by atoms with Crippen LogP contribution in [-0.2, 0) is 4.79 Å². The molecule has 0 saturated carbocycles. The van der Waals surface area contributed by atoms with E-state index in [1.807, 2.05) is 4.90 Å². The van der Waals surface area contributed by atoms with Crippen molar-refractivity contribution in [1.82, 2.24) is 14.9 Å². The van der Waals surface area contributed by atoms with Crippen molar-refractivity contribution in [3.8, 4) is 11.6 Å². The number of nitrogens with two attached hydrogens (primary N) is 1. The number of primary amides is 1. The molecule has 1 aliphatic heterocycles. The van der Waals surface area contributed by atoms with Crippen LogP contribution in [0.25, 0.3) is 0 Å². The van der Waals surface area contributed by atoms with Crippen molar-refractivity contribution in [3.05, 3.63) is 48.2 Å². The summed E-state index contributed by atoms with van der Waals surface area (Å²) in [7, 11) is 0. The van der Waals surface area contributed by atoms with E-state index in [2.05, 4.69) is 9.97 Å². The highest BCUT2D eigenvalue weighted by Gasteiger charge is 2.26. The van der Waals surface area contributed by atoms with E-state index < -0.39 is 5.82 Å². The van der Waals surface area contributed by atoms with Gasteiger partial charge in [-0.2, -0.15) is 0 Å². The van der Waals surface area contributed by atoms with Gasteiger partial charge in [0.2, 0.25) is 11.8 Å². The predicted octanol–water partition coefficient (Wildman–Crippen LogP) is 2.07. The average molecular weight is 330 g/mol. The highest BCUT2D eigenvalue weighted by atomic mass is 19.1. The number of carbonyl (C=O) groups is 1. The lowest BCUT2D eigenvalue weighted by Gasteiger charge is -2.31. The zero-order chi connectivity index (χ0) is 16.9. The lowest BCUT2D eigenvalue weighted by Crippen LogP contribution is -2.40. The lowest BCUT2D eigenvalue weighted by atomic mass is 9.94. The average Bonchev–Trinajstić information content (AvgIpc) is 2.57. The lowest BCUT2D eigenvalue weighted by molar-refractivity contribution is -0.119. The topological polar surface area (TPSA) is 81.3 Å². The number of aromatic nitrogens is 2. The van der Waals surface area contributed by atoms with E-state index >= 15 is 0 Å². The number of rotatable bonds is 5. The van der Waals surface area contributed by atoms with E-state index in [1.165, 1.54) is 12.3 Å². The molecule has 0 spiro atoms. The predicted molar refractivity (Wildman–Crippen MR) is 86.1 cm³/mol. The quantitative estimate of drug-likeness (QED) is 0.907. The number of benzene rings is 1. The van der Waals surface area contributed by atoms with Gasteiger partial charge in [-0.25, -0.2) is 9.37 Å². The molecule has 6 nitrogen and oxygen atoms in total. The van der Waals surface area contributed by atoms with Crippen molar-refractivity contribution in [1.29, 1.82) is 0 Å². The second-order valence-corrected chi connectivity index (χ2v) is 5.82. The van der Waals surface area contributed by atoms with Gasteiger partial charge in [-0.1, -0.05) is 12.1 Å². The molecule has 2 aromatic rings. The molecule has 1 atom stereocenters. The minimum absolute atomic E-state index is 0.0635. The Hall–Kier alpha value is -2.54. The summed E-state index contributed by atoms with van der Waals surface area (Å²) >= 11 is 0. The van der Waals surface area contributed by atoms with Crippen LogP contribution in [0.15, 0.2) is 36.7 Å². The Morgan fingerprint density at radius 2 is 2.12 bits per heavy atom. The van der Waals surface area contributed by atoms with E-state index in [0.29, 0.717) is 18.1 Å². The number of amides is 1. The first kappa shape index (κ1) is 16.3. The van der Waals surface area contributed by atoms with Crippen LogP contribution in [0.1, 0.15) is 24.5 Å². The fourth-order valence-corrected chi connectivity index (χ4v) is 2.97. The van der Waals surface area contributed by atoms with Crippen LogP contribution >= 0.6 is 0 Å². The molecule has 3 rings (SSSR count). The first-order chi connectivity index (χ1) is 11.6. The van der Waals surface area contributed by atoms with Gasteiger partial charge in [-0.05, 0) is 31.5 Å². The minimum Gasteiger partial charge on any atom is -0.434 e. The largest absolute Gasteiger partial charge is 0.434 e. The molecule has 0 bridgehead atoms. The maximum atomic E-state index is 13.8. The molecule has 1 aromatic carbocycles. The second-order valence-electron chi connectivity index (χ2n) is 5.82. The van der Waals surface area contributed by atoms with E-state index in [0.717, 1.165) is 19.4 Å². The zero-order valence-electron chi connectivity index (χ0n) is 13.2. The van der Waals surface area contributed by atoms with Crippen molar-refractivity contribution in [3.63, 3.8) is 0 Å². The molecule has 126 valence electrons. The molecule has 1 fully saturated rings. The number of piperidine rings is 1. The monoisotopic (exact) mass is 330 g/mol. The van der Waals surface area contributed by atoms with Gasteiger partial charge in [-0.3, -0.25) is 14.7 Å². The van der Waals surface area contributed by atoms with Gasteiger partial charge in [0.25, 0.3) is 0 Å². The molecule has 0 aliphatic carbocycles. The van der Waals surface area contributed by atoms with E-state index in [4.69, 9.17) is 10.5 Å². The third kappa shape index (κ3) is 3.86. The number of halogens is 1. The number of hydrogen-bond donors (Lipinski definition) is 1. The van der Waals surface area contributed by atoms with Gasteiger partial charge >= 0.3 is 0 Å². The molecule has 0 radical (unpaired) electrons. The smallest absolute Gasteiger partial charge is 0.241 e. The third-order valence-corrected chi connectivity index (χ3v) is 4.01. The van der Waals surface area contributed by atoms with Gasteiger partial charge in [0.05, 0.1) is 6.54 Å². The van der Waals surface area contributed by atoms with Crippen molar-refractivity contribution < 1.29 is 13.9 Å². The number of carbonyl (C=O) groups excluding carboxylic acids is 1. The summed E-state index contributed by atoms with van der Waals surface area (Å²) in [6, 6.07) is 6.18. The Kier molecular flexibility index (Phi) is 5.00. The van der Waals surface area contributed by atoms with Crippen molar-refractivity contribution in [2.45, 2.75) is 18.8 Å². The summed E-state index contributed by atoms with van der Waals surface area (Å²) in [5.41, 5.74) is 5.96. The molecule has 1 aliphatic rings. The van der Waals surface area contributed by atoms with Gasteiger partial charge < -0.3 is 10.5 Å². The van der Waals surface area contributed by atoms with Crippen LogP contribution in [0, 0.1) is 5.82 Å². The van der Waals surface area contributed by atoms with Crippen LogP contribution in [0.5, 0.6) is 11.6 Å². The number of para-hydroxylation sites is 1. The van der Waals surface area contributed by atoms with E-state index in [1.54, 1.807) is 24.4 Å². The number of hydrogen-bond acceptors (Lipinski definition) is 5. The van der Waals surface area contributed by atoms with Gasteiger partial charge in [0.15, 0.2) is 11.6 Å². The summed E-state index contributed by atoms with van der Waals surface area (Å²) in [5, 5.41) is 0. The van der Waals surface area contributed by atoms with Crippen molar-refractivity contribution in [2.75, 3.05) is 19.6 Å². The molecule has 1 aromatic heterocycles. The Balaban J connectivity index is 1.81. The van der Waals surface area contributed by atoms with Crippen LogP contribution in [0.4, 0.5) is 4.39 Å². The second kappa shape index (κ2) is 7.35. The summed E-state index contributed by atoms with van der Waals surface area (Å²) in [6.45, 7) is 1.69. The maximum Gasteiger partial charge on any atom is 0.241 e. The third-order valence-electron chi connectivity index (χ3n) is 4.01. The summed E-state index contributed by atoms with van der Waals surface area (Å²) in [4.78, 5) is 21.7. The zero-order valence-corrected chi connectivity index (χ0v) is 13.2. The number of nitrogens with zero attached hydrogens (tertiary/aromatic N) is 3. The summed E-state index contributed by atoms with van der Waals surface area (Å²) in [6.07, 6.45) is 4.94. The van der Waals surface area contributed by atoms with Crippen LogP contribution in [0.2, 0.25) is 0 Å². The number of likely N-dealkylation sites (tertiary alicyclic amines) is 1. The summed E-state index contributed by atoms with van der Waals surface area (Å²) in [5.74, 6) is -0.322. The van der Waals surface area contributed by atoms with E-state index in [-0.39, 0.29) is 24.1 Å². The van der Waals surface area contributed by atoms with Gasteiger partial charge in [0.1, 0.15) is 5.69 Å². The molecular weight excluding hydrogens is 311 g/mol. The molecule has 2 heterocycles. The molecule has 0 unspecified atom stereocenters. The molecule has 2 N–H and O–H groups in total. The van der Waals surface area contributed by atoms with Crippen molar-refractivity contribution in [2.24, 2.45) is 5.73 Å². The Labute approximate surface area is 139 Å². The van der Waals surface area contributed by atoms with Crippen molar-refractivity contribution >= 4 is 5.91 Å². The Bertz CT molecular complexity index is 725. The first-order valence-corrected chi connectivity index (χ1v) is 7.87. The normalized spacial score (nSPS) is 18.3. The first-order valence-electron chi connectivity index (χ1n) is 7.87. The molecule has 24 heavy (non-hydrogen) atoms. The SMILES string of the molecule is NC(=O)CN1CCC[C@H](c2nccnc2Oc2ccccc2F)C1. The van der Waals surface area contributed by atoms with Gasteiger partial charge in [0, 0.05) is 24.9 Å². The van der Waals surface area contributed by atoms with Crippen LogP contribution < -0.4 is 10.5 Å². The molecule has 1 amide bonds. The number of ether oxygens (including phenoxy) is 1. The van der Waals surface area contributed by atoms with E-state index in [9.17, 15) is 9.18 Å². The Morgan fingerprint density at radius 3 is 2.92 bits per heavy atom. The molecule has 7 heteroatoms. The summed E-state index contributed by atoms with van der Waals surface area (Å²) < 4.78 is 19.5. The molecular formula is C17H19FN4O2. The highest BCUT2D eigenvalue weighted by molar-refractivity contribution is 5.75. The van der Waals surface area contributed by atoms with Crippen LogP contribution in [-0.4, -0.2) is 40.4 Å². The molecule has 1 saturated heterocycles. The van der Waals surface area contributed by atoms with Gasteiger partial charge in [-0.15, -0.1) is 0 Å². The standard InChI is InChI=1S/C17H19FN4O2/c18-13-5-1-2-6-14(13)24-17-16(20-7-8-21-17)12-4-3-9-22(10-12)11-15(19)23/h1-2,5-8,12H,3-4,9-11H2,(H2,19,23)/t12-/m0/s1. The highest BCUT2D eigenvalue weighted by Crippen LogP contribution is 2.33. The van der Waals surface area contributed by atoms with Crippen LogP contribution in [0.3, 0.4) is 0 Å². The Morgan fingerprint density at radius 1 is 1.33 bits per heavy atom.